The molecule has 4 heteroatoms. The highest BCUT2D eigenvalue weighted by atomic mass is 28.3. The van der Waals surface area contributed by atoms with Crippen LogP contribution in [0.3, 0.4) is 0 Å². The van der Waals surface area contributed by atoms with Crippen LogP contribution in [0.15, 0.2) is 12.3 Å². The number of hydrogen-bond donors (Lipinski definition) is 2. The third-order valence-corrected chi connectivity index (χ3v) is 2.60. The summed E-state index contributed by atoms with van der Waals surface area (Å²) in [5.74, 6) is 2.93. The lowest BCUT2D eigenvalue weighted by Gasteiger charge is -2.05. The molecule has 1 rings (SSSR count). The molecule has 0 bridgehead atoms. The summed E-state index contributed by atoms with van der Waals surface area (Å²) in [4.78, 5) is 3.85. The molecule has 0 aliphatic heterocycles. The smallest absolute Gasteiger partial charge is 0.155 e. The summed E-state index contributed by atoms with van der Waals surface area (Å²) in [6, 6.07) is 1.65. The van der Waals surface area contributed by atoms with E-state index in [1.165, 1.54) is 0 Å². The zero-order chi connectivity index (χ0) is 11.5. The van der Waals surface area contributed by atoms with Crippen LogP contribution in [0, 0.1) is 11.5 Å². The molecule has 0 spiro atoms. The SMILES string of the molecule is C[Si](C)(C)C#Cc1ccnc(CO)c1O. The van der Waals surface area contributed by atoms with E-state index in [1.807, 2.05) is 0 Å². The van der Waals surface area contributed by atoms with Gasteiger partial charge in [-0.25, -0.2) is 0 Å². The normalized spacial score (nSPS) is 10.7. The van der Waals surface area contributed by atoms with Gasteiger partial charge in [-0.1, -0.05) is 25.6 Å². The third kappa shape index (κ3) is 3.39. The summed E-state index contributed by atoms with van der Waals surface area (Å²) in [6.07, 6.45) is 1.54. The van der Waals surface area contributed by atoms with Crippen molar-refractivity contribution in [2.75, 3.05) is 0 Å². The number of hydrogen-bond acceptors (Lipinski definition) is 3. The lowest BCUT2D eigenvalue weighted by Crippen LogP contribution is -2.16. The molecule has 0 fully saturated rings. The summed E-state index contributed by atoms with van der Waals surface area (Å²) in [5, 5.41) is 18.6. The molecule has 0 aliphatic carbocycles. The first-order valence-electron chi connectivity index (χ1n) is 4.75. The molecule has 0 aromatic carbocycles. The number of aliphatic hydroxyl groups is 1. The zero-order valence-corrected chi connectivity index (χ0v) is 10.2. The first-order valence-corrected chi connectivity index (χ1v) is 8.25. The summed E-state index contributed by atoms with van der Waals surface area (Å²) < 4.78 is 0. The highest BCUT2D eigenvalue weighted by molar-refractivity contribution is 6.83. The lowest BCUT2D eigenvalue weighted by molar-refractivity contribution is 0.270. The van der Waals surface area contributed by atoms with Crippen LogP contribution in [-0.2, 0) is 6.61 Å². The minimum Gasteiger partial charge on any atom is -0.505 e. The van der Waals surface area contributed by atoms with Crippen LogP contribution >= 0.6 is 0 Å². The van der Waals surface area contributed by atoms with Crippen LogP contribution in [0.2, 0.25) is 19.6 Å². The molecular formula is C11H15NO2Si. The van der Waals surface area contributed by atoms with Crippen LogP contribution in [0.25, 0.3) is 0 Å². The van der Waals surface area contributed by atoms with Crippen LogP contribution in [0.4, 0.5) is 0 Å². The van der Waals surface area contributed by atoms with Gasteiger partial charge in [0.15, 0.2) is 5.75 Å². The number of pyridine rings is 1. The zero-order valence-electron chi connectivity index (χ0n) is 9.20. The van der Waals surface area contributed by atoms with E-state index < -0.39 is 8.07 Å². The second kappa shape index (κ2) is 4.47. The highest BCUT2D eigenvalue weighted by Gasteiger charge is 2.09. The molecule has 80 valence electrons. The predicted octanol–water partition coefficient (Wildman–Crippen LogP) is 1.51. The number of rotatable bonds is 1. The molecule has 0 aliphatic rings. The Morgan fingerprint density at radius 3 is 2.60 bits per heavy atom. The molecule has 0 unspecified atom stereocenters. The molecule has 2 N–H and O–H groups in total. The van der Waals surface area contributed by atoms with E-state index in [0.717, 1.165) is 0 Å². The van der Waals surface area contributed by atoms with E-state index in [9.17, 15) is 5.11 Å². The Bertz CT molecular complexity index is 413. The maximum Gasteiger partial charge on any atom is 0.155 e. The fraction of sp³-hybridized carbons (Fsp3) is 0.364. The fourth-order valence-corrected chi connectivity index (χ4v) is 1.48. The van der Waals surface area contributed by atoms with Crippen LogP contribution in [0.5, 0.6) is 5.75 Å². The van der Waals surface area contributed by atoms with Gasteiger partial charge in [0.1, 0.15) is 13.8 Å². The van der Waals surface area contributed by atoms with Gasteiger partial charge >= 0.3 is 0 Å². The van der Waals surface area contributed by atoms with Crippen molar-refractivity contribution in [3.8, 4) is 17.2 Å². The Hall–Kier alpha value is -1.31. The Morgan fingerprint density at radius 1 is 1.40 bits per heavy atom. The number of aliphatic hydroxyl groups excluding tert-OH is 1. The summed E-state index contributed by atoms with van der Waals surface area (Å²) >= 11 is 0. The summed E-state index contributed by atoms with van der Waals surface area (Å²) in [6.45, 7) is 6.12. The Kier molecular flexibility index (Phi) is 3.51. The molecular weight excluding hydrogens is 206 g/mol. The van der Waals surface area contributed by atoms with Crippen molar-refractivity contribution in [2.24, 2.45) is 0 Å². The first-order chi connectivity index (χ1) is 6.94. The van der Waals surface area contributed by atoms with Crippen molar-refractivity contribution in [3.05, 3.63) is 23.5 Å². The maximum absolute atomic E-state index is 9.68. The average molecular weight is 221 g/mol. The van der Waals surface area contributed by atoms with Crippen molar-refractivity contribution in [3.63, 3.8) is 0 Å². The second-order valence-electron chi connectivity index (χ2n) is 4.31. The van der Waals surface area contributed by atoms with Crippen LogP contribution < -0.4 is 0 Å². The van der Waals surface area contributed by atoms with Gasteiger partial charge in [0.2, 0.25) is 0 Å². The molecule has 0 atom stereocenters. The summed E-state index contributed by atoms with van der Waals surface area (Å²) in [5.41, 5.74) is 3.96. The van der Waals surface area contributed by atoms with Gasteiger partial charge in [0, 0.05) is 6.20 Å². The van der Waals surface area contributed by atoms with Crippen molar-refractivity contribution in [1.29, 1.82) is 0 Å². The maximum atomic E-state index is 9.68. The van der Waals surface area contributed by atoms with Gasteiger partial charge in [-0.2, -0.15) is 0 Å². The molecule has 1 aromatic heterocycles. The first kappa shape index (κ1) is 11.8. The molecule has 0 amide bonds. The lowest BCUT2D eigenvalue weighted by atomic mass is 10.2. The second-order valence-corrected chi connectivity index (χ2v) is 9.06. The van der Waals surface area contributed by atoms with Gasteiger partial charge in [0.05, 0.1) is 12.2 Å². The van der Waals surface area contributed by atoms with Crippen LogP contribution in [-0.4, -0.2) is 23.3 Å². The van der Waals surface area contributed by atoms with Gasteiger partial charge < -0.3 is 10.2 Å². The molecule has 15 heavy (non-hydrogen) atoms. The van der Waals surface area contributed by atoms with Gasteiger partial charge in [0.25, 0.3) is 0 Å². The molecule has 0 radical (unpaired) electrons. The molecule has 0 saturated heterocycles. The minimum absolute atomic E-state index is 0.00856. The number of aromatic hydroxyl groups is 1. The van der Waals surface area contributed by atoms with Crippen molar-refractivity contribution in [2.45, 2.75) is 26.2 Å². The van der Waals surface area contributed by atoms with E-state index in [-0.39, 0.29) is 18.1 Å². The number of nitrogens with zero attached hydrogens (tertiary/aromatic N) is 1. The van der Waals surface area contributed by atoms with E-state index in [4.69, 9.17) is 5.11 Å². The van der Waals surface area contributed by atoms with Crippen molar-refractivity contribution >= 4 is 8.07 Å². The molecule has 3 nitrogen and oxygen atoms in total. The van der Waals surface area contributed by atoms with Crippen molar-refractivity contribution < 1.29 is 10.2 Å². The molecule has 1 heterocycles. The van der Waals surface area contributed by atoms with Crippen LogP contribution in [0.1, 0.15) is 11.3 Å². The monoisotopic (exact) mass is 221 g/mol. The Labute approximate surface area is 90.8 Å². The molecule has 0 saturated carbocycles. The predicted molar refractivity (Wildman–Crippen MR) is 62.0 cm³/mol. The average Bonchev–Trinajstić information content (AvgIpc) is 2.15. The topological polar surface area (TPSA) is 53.4 Å². The highest BCUT2D eigenvalue weighted by Crippen LogP contribution is 2.19. The fourth-order valence-electron chi connectivity index (χ4n) is 0.969. The van der Waals surface area contributed by atoms with E-state index >= 15 is 0 Å². The van der Waals surface area contributed by atoms with Crippen molar-refractivity contribution in [1.82, 2.24) is 4.98 Å². The van der Waals surface area contributed by atoms with Gasteiger partial charge in [-0.05, 0) is 6.07 Å². The van der Waals surface area contributed by atoms with E-state index in [2.05, 4.69) is 36.1 Å². The third-order valence-electron chi connectivity index (χ3n) is 1.72. The Balaban J connectivity index is 3.10. The van der Waals surface area contributed by atoms with Gasteiger partial charge in [-0.3, -0.25) is 4.98 Å². The Morgan fingerprint density at radius 2 is 2.07 bits per heavy atom. The minimum atomic E-state index is -1.45. The standard InChI is InChI=1S/C11H15NO2Si/c1-15(2,3)7-5-9-4-6-12-10(8-13)11(9)14/h4,6,13-14H,8H2,1-3H3. The number of aromatic nitrogens is 1. The quantitative estimate of drug-likeness (QED) is 0.558. The van der Waals surface area contributed by atoms with E-state index in [0.29, 0.717) is 5.56 Å². The van der Waals surface area contributed by atoms with E-state index in [1.54, 1.807) is 12.3 Å². The largest absolute Gasteiger partial charge is 0.505 e. The molecule has 1 aromatic rings. The van der Waals surface area contributed by atoms with Gasteiger partial charge in [-0.15, -0.1) is 5.54 Å². The summed E-state index contributed by atoms with van der Waals surface area (Å²) in [7, 11) is -1.45.